The van der Waals surface area contributed by atoms with Crippen LogP contribution in [0.2, 0.25) is 0 Å². The first kappa shape index (κ1) is 16.7. The van der Waals surface area contributed by atoms with Crippen LogP contribution in [0.1, 0.15) is 51.4 Å². The molecule has 0 aromatic rings. The number of amides is 2. The van der Waals surface area contributed by atoms with Crippen LogP contribution in [0.5, 0.6) is 0 Å². The maximum Gasteiger partial charge on any atom is 0.226 e. The van der Waals surface area contributed by atoms with E-state index in [0.29, 0.717) is 24.3 Å². The summed E-state index contributed by atoms with van der Waals surface area (Å²) in [5.41, 5.74) is 5.81. The first-order chi connectivity index (χ1) is 11.2. The van der Waals surface area contributed by atoms with Crippen molar-refractivity contribution in [2.24, 2.45) is 23.5 Å². The van der Waals surface area contributed by atoms with Crippen molar-refractivity contribution >= 4 is 11.8 Å². The Morgan fingerprint density at radius 2 is 1.43 bits per heavy atom. The molecule has 2 N–H and O–H groups in total. The lowest BCUT2D eigenvalue weighted by molar-refractivity contribution is -0.143. The molecule has 1 aliphatic carbocycles. The molecule has 2 saturated heterocycles. The van der Waals surface area contributed by atoms with Crippen molar-refractivity contribution in [1.82, 2.24) is 9.80 Å². The fourth-order valence-corrected chi connectivity index (χ4v) is 4.60. The number of hydrogen-bond donors (Lipinski definition) is 1. The van der Waals surface area contributed by atoms with Crippen LogP contribution >= 0.6 is 0 Å². The summed E-state index contributed by atoms with van der Waals surface area (Å²) in [5.74, 6) is 1.26. The molecule has 2 heterocycles. The Hall–Kier alpha value is -1.10. The predicted molar refractivity (Wildman–Crippen MR) is 89.6 cm³/mol. The van der Waals surface area contributed by atoms with Crippen LogP contribution in [-0.4, -0.2) is 54.3 Å². The number of carbonyl (C=O) groups excluding carboxylic acids is 2. The fraction of sp³-hybridized carbons (Fsp3) is 0.889. The summed E-state index contributed by atoms with van der Waals surface area (Å²) in [6.07, 6.45) is 8.42. The van der Waals surface area contributed by atoms with Gasteiger partial charge in [0.25, 0.3) is 0 Å². The lowest BCUT2D eigenvalue weighted by Gasteiger charge is -2.37. The number of rotatable bonds is 3. The van der Waals surface area contributed by atoms with Gasteiger partial charge in [-0.15, -0.1) is 0 Å². The van der Waals surface area contributed by atoms with Gasteiger partial charge in [-0.1, -0.05) is 6.42 Å². The second kappa shape index (κ2) is 7.65. The van der Waals surface area contributed by atoms with Crippen LogP contribution in [0, 0.1) is 17.8 Å². The molecule has 0 aromatic heterocycles. The third kappa shape index (κ3) is 3.70. The average Bonchev–Trinajstić information content (AvgIpc) is 3.10. The normalized spacial score (nSPS) is 29.8. The second-order valence-electron chi connectivity index (χ2n) is 7.52. The van der Waals surface area contributed by atoms with Crippen LogP contribution < -0.4 is 5.73 Å². The smallest absolute Gasteiger partial charge is 0.226 e. The Kier molecular flexibility index (Phi) is 5.57. The van der Waals surface area contributed by atoms with E-state index in [1.165, 1.54) is 6.42 Å². The summed E-state index contributed by atoms with van der Waals surface area (Å²) in [6, 6.07) is 0. The van der Waals surface area contributed by atoms with Crippen LogP contribution in [0.25, 0.3) is 0 Å². The largest absolute Gasteiger partial charge is 0.342 e. The minimum absolute atomic E-state index is 0.131. The molecule has 5 heteroatoms. The van der Waals surface area contributed by atoms with Crippen molar-refractivity contribution in [3.8, 4) is 0 Å². The molecule has 5 nitrogen and oxygen atoms in total. The van der Waals surface area contributed by atoms with Crippen LogP contribution in [0.3, 0.4) is 0 Å². The first-order valence-corrected chi connectivity index (χ1v) is 9.48. The van der Waals surface area contributed by atoms with Gasteiger partial charge in [0.05, 0.1) is 0 Å². The number of piperidine rings is 2. The Morgan fingerprint density at radius 3 is 2.09 bits per heavy atom. The highest BCUT2D eigenvalue weighted by molar-refractivity contribution is 5.81. The fourth-order valence-electron chi connectivity index (χ4n) is 4.60. The zero-order valence-electron chi connectivity index (χ0n) is 14.2. The van der Waals surface area contributed by atoms with E-state index >= 15 is 0 Å². The topological polar surface area (TPSA) is 66.6 Å². The van der Waals surface area contributed by atoms with Gasteiger partial charge in [-0.05, 0) is 57.4 Å². The minimum Gasteiger partial charge on any atom is -0.342 e. The molecule has 0 bridgehead atoms. The van der Waals surface area contributed by atoms with Crippen molar-refractivity contribution in [2.45, 2.75) is 51.4 Å². The summed E-state index contributed by atoms with van der Waals surface area (Å²) in [5, 5.41) is 0. The van der Waals surface area contributed by atoms with Gasteiger partial charge in [0.1, 0.15) is 0 Å². The highest BCUT2D eigenvalue weighted by atomic mass is 16.2. The monoisotopic (exact) mass is 321 g/mol. The van der Waals surface area contributed by atoms with E-state index < -0.39 is 0 Å². The molecule has 2 amide bonds. The number of hydrogen-bond acceptors (Lipinski definition) is 3. The van der Waals surface area contributed by atoms with Crippen molar-refractivity contribution < 1.29 is 9.59 Å². The number of carbonyl (C=O) groups is 2. The highest BCUT2D eigenvalue weighted by Crippen LogP contribution is 2.33. The van der Waals surface area contributed by atoms with Gasteiger partial charge in [0.2, 0.25) is 11.8 Å². The van der Waals surface area contributed by atoms with Gasteiger partial charge in [-0.25, -0.2) is 0 Å². The third-order valence-electron chi connectivity index (χ3n) is 6.10. The van der Waals surface area contributed by atoms with Crippen molar-refractivity contribution in [3.05, 3.63) is 0 Å². The zero-order valence-corrected chi connectivity index (χ0v) is 14.2. The maximum atomic E-state index is 12.7. The molecule has 130 valence electrons. The summed E-state index contributed by atoms with van der Waals surface area (Å²) in [7, 11) is 0. The van der Waals surface area contributed by atoms with Gasteiger partial charge < -0.3 is 15.5 Å². The second-order valence-corrected chi connectivity index (χ2v) is 7.52. The molecular formula is C18H31N3O2. The molecule has 2 aliphatic heterocycles. The van der Waals surface area contributed by atoms with E-state index in [0.717, 1.165) is 71.1 Å². The molecule has 1 saturated carbocycles. The standard InChI is InChI=1S/C18H31N3O2/c19-13-15-5-4-6-16(15)18(23)21-11-7-14(8-12-21)17(22)20-9-2-1-3-10-20/h14-16H,1-13,19H2/t15-,16-/m1/s1. The Bertz CT molecular complexity index is 426. The summed E-state index contributed by atoms with van der Waals surface area (Å²) in [4.78, 5) is 29.4. The molecule has 3 rings (SSSR count). The molecule has 0 spiro atoms. The minimum atomic E-state index is 0.131. The molecule has 2 atom stereocenters. The first-order valence-electron chi connectivity index (χ1n) is 9.48. The van der Waals surface area contributed by atoms with Crippen LogP contribution in [0.4, 0.5) is 0 Å². The Balaban J connectivity index is 1.49. The van der Waals surface area contributed by atoms with Gasteiger partial charge in [0, 0.05) is 38.0 Å². The van der Waals surface area contributed by atoms with E-state index in [4.69, 9.17) is 5.73 Å². The van der Waals surface area contributed by atoms with Crippen molar-refractivity contribution in [2.75, 3.05) is 32.7 Å². The van der Waals surface area contributed by atoms with E-state index in [1.54, 1.807) is 0 Å². The quantitative estimate of drug-likeness (QED) is 0.859. The SMILES string of the molecule is NC[C@H]1CCC[C@H]1C(=O)N1CCC(C(=O)N2CCCCC2)CC1. The Labute approximate surface area is 139 Å². The molecule has 0 aromatic carbocycles. The molecule has 0 radical (unpaired) electrons. The number of likely N-dealkylation sites (tertiary alicyclic amines) is 2. The van der Waals surface area contributed by atoms with Gasteiger partial charge >= 0.3 is 0 Å². The molecule has 23 heavy (non-hydrogen) atoms. The molecular weight excluding hydrogens is 290 g/mol. The molecule has 0 unspecified atom stereocenters. The number of nitrogens with zero attached hydrogens (tertiary/aromatic N) is 2. The molecule has 3 fully saturated rings. The van der Waals surface area contributed by atoms with Gasteiger partial charge in [-0.3, -0.25) is 9.59 Å². The summed E-state index contributed by atoms with van der Waals surface area (Å²) < 4.78 is 0. The van der Waals surface area contributed by atoms with Crippen molar-refractivity contribution in [3.63, 3.8) is 0 Å². The Morgan fingerprint density at radius 1 is 0.783 bits per heavy atom. The summed E-state index contributed by atoms with van der Waals surface area (Å²) >= 11 is 0. The van der Waals surface area contributed by atoms with E-state index in [1.807, 2.05) is 9.80 Å². The van der Waals surface area contributed by atoms with E-state index in [2.05, 4.69) is 0 Å². The third-order valence-corrected chi connectivity index (χ3v) is 6.10. The average molecular weight is 321 g/mol. The van der Waals surface area contributed by atoms with Crippen LogP contribution in [0.15, 0.2) is 0 Å². The lowest BCUT2D eigenvalue weighted by Crippen LogP contribution is -2.47. The highest BCUT2D eigenvalue weighted by Gasteiger charge is 2.37. The molecule has 3 aliphatic rings. The van der Waals surface area contributed by atoms with Crippen LogP contribution in [-0.2, 0) is 9.59 Å². The number of nitrogens with two attached hydrogens (primary N) is 1. The summed E-state index contributed by atoms with van der Waals surface area (Å²) in [6.45, 7) is 3.98. The maximum absolute atomic E-state index is 12.7. The van der Waals surface area contributed by atoms with Gasteiger partial charge in [0.15, 0.2) is 0 Å². The van der Waals surface area contributed by atoms with E-state index in [-0.39, 0.29) is 11.8 Å². The lowest BCUT2D eigenvalue weighted by atomic mass is 9.91. The van der Waals surface area contributed by atoms with Crippen molar-refractivity contribution in [1.29, 1.82) is 0 Å². The van der Waals surface area contributed by atoms with Gasteiger partial charge in [-0.2, -0.15) is 0 Å². The zero-order chi connectivity index (χ0) is 16.2. The van der Waals surface area contributed by atoms with E-state index in [9.17, 15) is 9.59 Å². The predicted octanol–water partition coefficient (Wildman–Crippen LogP) is 1.61.